The van der Waals surface area contributed by atoms with Crippen LogP contribution in [-0.4, -0.2) is 81.8 Å². The molecule has 9 heteroatoms. The van der Waals surface area contributed by atoms with Crippen LogP contribution < -0.4 is 9.64 Å². The Hall–Kier alpha value is -3.36. The first-order chi connectivity index (χ1) is 14.5. The number of hydrogen-bond donors (Lipinski definition) is 0. The lowest BCUT2D eigenvalue weighted by Crippen LogP contribution is -2.59. The molecule has 30 heavy (non-hydrogen) atoms. The number of amides is 2. The predicted molar refractivity (Wildman–Crippen MR) is 113 cm³/mol. The van der Waals surface area contributed by atoms with Crippen molar-refractivity contribution in [3.8, 4) is 17.0 Å². The Morgan fingerprint density at radius 1 is 1.20 bits per heavy atom. The molecule has 1 saturated carbocycles. The minimum absolute atomic E-state index is 0.0664. The largest absolute Gasteiger partial charge is 0.481 e. The highest BCUT2D eigenvalue weighted by atomic mass is 16.5. The fourth-order valence-electron chi connectivity index (χ4n) is 4.27. The van der Waals surface area contributed by atoms with Crippen molar-refractivity contribution < 1.29 is 9.53 Å². The monoisotopic (exact) mass is 407 g/mol. The van der Waals surface area contributed by atoms with Gasteiger partial charge in [-0.1, -0.05) is 0 Å². The molecule has 0 unspecified atom stereocenters. The molecule has 2 amide bonds. The van der Waals surface area contributed by atoms with Crippen molar-refractivity contribution in [1.82, 2.24) is 29.4 Å². The molecule has 1 spiro atoms. The summed E-state index contributed by atoms with van der Waals surface area (Å²) in [5.41, 5.74) is 2.43. The van der Waals surface area contributed by atoms with E-state index in [-0.39, 0.29) is 11.6 Å². The average molecular weight is 407 g/mol. The molecular weight excluding hydrogens is 382 g/mol. The number of rotatable bonds is 3. The van der Waals surface area contributed by atoms with E-state index in [1.165, 1.54) is 0 Å². The maximum atomic E-state index is 12.6. The lowest BCUT2D eigenvalue weighted by molar-refractivity contribution is 0.133. The van der Waals surface area contributed by atoms with Gasteiger partial charge in [-0.25, -0.2) is 19.3 Å². The first kappa shape index (κ1) is 18.7. The van der Waals surface area contributed by atoms with E-state index in [0.717, 1.165) is 48.5 Å². The summed E-state index contributed by atoms with van der Waals surface area (Å²) in [4.78, 5) is 27.8. The molecule has 0 bridgehead atoms. The number of carbonyl (C=O) groups is 1. The molecule has 3 aromatic heterocycles. The lowest BCUT2D eigenvalue weighted by atomic mass is 10.1. The molecule has 2 fully saturated rings. The number of ether oxygens (including phenoxy) is 1. The molecule has 0 atom stereocenters. The summed E-state index contributed by atoms with van der Waals surface area (Å²) in [5.74, 6) is 1.45. The van der Waals surface area contributed by atoms with Crippen LogP contribution in [0.4, 0.5) is 10.6 Å². The van der Waals surface area contributed by atoms with Crippen LogP contribution in [0.15, 0.2) is 36.8 Å². The molecule has 1 aliphatic heterocycles. The van der Waals surface area contributed by atoms with E-state index in [1.54, 1.807) is 28.9 Å². The quantitative estimate of drug-likeness (QED) is 0.662. The van der Waals surface area contributed by atoms with E-state index in [9.17, 15) is 4.79 Å². The van der Waals surface area contributed by atoms with Crippen molar-refractivity contribution in [3.05, 3.63) is 36.8 Å². The van der Waals surface area contributed by atoms with Crippen LogP contribution in [0, 0.1) is 0 Å². The van der Waals surface area contributed by atoms with Crippen LogP contribution >= 0.6 is 0 Å². The van der Waals surface area contributed by atoms with Gasteiger partial charge in [-0.2, -0.15) is 5.10 Å². The molecule has 156 valence electrons. The third-order valence-corrected chi connectivity index (χ3v) is 6.02. The smallest absolute Gasteiger partial charge is 0.320 e. The zero-order valence-corrected chi connectivity index (χ0v) is 17.4. The fourth-order valence-corrected chi connectivity index (χ4v) is 4.27. The molecule has 0 N–H and O–H groups in total. The summed E-state index contributed by atoms with van der Waals surface area (Å²) in [6, 6.07) is 5.92. The fraction of sp³-hybridized carbons (Fsp3) is 0.429. The molecule has 0 aromatic carbocycles. The predicted octanol–water partition coefficient (Wildman–Crippen LogP) is 2.14. The van der Waals surface area contributed by atoms with E-state index < -0.39 is 0 Å². The molecule has 1 aliphatic carbocycles. The Labute approximate surface area is 174 Å². The van der Waals surface area contributed by atoms with E-state index in [4.69, 9.17) is 9.72 Å². The molecule has 5 rings (SSSR count). The summed E-state index contributed by atoms with van der Waals surface area (Å²) in [6.45, 7) is 2.26. The normalized spacial score (nSPS) is 17.4. The molecular formula is C21H25N7O2. The van der Waals surface area contributed by atoms with Gasteiger partial charge in [0.25, 0.3) is 0 Å². The molecule has 0 radical (unpaired) electrons. The van der Waals surface area contributed by atoms with Crippen LogP contribution in [0.5, 0.6) is 5.88 Å². The van der Waals surface area contributed by atoms with Gasteiger partial charge in [-0.3, -0.25) is 0 Å². The van der Waals surface area contributed by atoms with E-state index in [2.05, 4.69) is 15.0 Å². The minimum atomic E-state index is -0.0664. The third-order valence-electron chi connectivity index (χ3n) is 6.02. The second kappa shape index (κ2) is 6.86. The second-order valence-electron chi connectivity index (χ2n) is 8.15. The van der Waals surface area contributed by atoms with Gasteiger partial charge in [0.15, 0.2) is 5.65 Å². The van der Waals surface area contributed by atoms with Gasteiger partial charge in [-0.05, 0) is 31.0 Å². The highest BCUT2D eigenvalue weighted by molar-refractivity contribution is 5.81. The number of fused-ring (bicyclic) bond motifs is 1. The van der Waals surface area contributed by atoms with E-state index in [1.807, 2.05) is 43.4 Å². The van der Waals surface area contributed by atoms with Crippen LogP contribution in [0.2, 0.25) is 0 Å². The SMILES string of the molecule is COc1ncccc1-c1cnn2ccc(N3CCN(C(=O)N(C)C)C4(CC4)C3)nc12. The molecule has 2 aliphatic rings. The molecule has 9 nitrogen and oxygen atoms in total. The van der Waals surface area contributed by atoms with Crippen molar-refractivity contribution in [2.24, 2.45) is 0 Å². The van der Waals surface area contributed by atoms with E-state index >= 15 is 0 Å². The molecule has 4 heterocycles. The number of nitrogens with zero attached hydrogens (tertiary/aromatic N) is 7. The van der Waals surface area contributed by atoms with Crippen molar-refractivity contribution in [2.75, 3.05) is 45.7 Å². The van der Waals surface area contributed by atoms with Gasteiger partial charge < -0.3 is 19.4 Å². The van der Waals surface area contributed by atoms with Gasteiger partial charge in [0.05, 0.1) is 24.4 Å². The number of pyridine rings is 1. The van der Waals surface area contributed by atoms with E-state index in [0.29, 0.717) is 12.4 Å². The zero-order valence-electron chi connectivity index (χ0n) is 17.4. The van der Waals surface area contributed by atoms with Crippen LogP contribution in [0.1, 0.15) is 12.8 Å². The average Bonchev–Trinajstić information content (AvgIpc) is 3.39. The van der Waals surface area contributed by atoms with Crippen molar-refractivity contribution in [2.45, 2.75) is 18.4 Å². The number of aromatic nitrogens is 4. The number of carbonyl (C=O) groups excluding carboxylic acids is 1. The van der Waals surface area contributed by atoms with Crippen LogP contribution in [0.3, 0.4) is 0 Å². The first-order valence-corrected chi connectivity index (χ1v) is 10.1. The Kier molecular flexibility index (Phi) is 4.27. The van der Waals surface area contributed by atoms with Crippen molar-refractivity contribution in [3.63, 3.8) is 0 Å². The van der Waals surface area contributed by atoms with Crippen molar-refractivity contribution >= 4 is 17.5 Å². The zero-order chi connectivity index (χ0) is 20.9. The van der Waals surface area contributed by atoms with Crippen LogP contribution in [0.25, 0.3) is 16.8 Å². The highest BCUT2D eigenvalue weighted by Crippen LogP contribution is 2.45. The maximum Gasteiger partial charge on any atom is 0.320 e. The summed E-state index contributed by atoms with van der Waals surface area (Å²) in [6.07, 6.45) is 7.51. The number of anilines is 1. The van der Waals surface area contributed by atoms with Crippen LogP contribution in [-0.2, 0) is 0 Å². The molecule has 3 aromatic rings. The topological polar surface area (TPSA) is 79.1 Å². The highest BCUT2D eigenvalue weighted by Gasteiger charge is 2.53. The van der Waals surface area contributed by atoms with Gasteiger partial charge in [-0.15, -0.1) is 0 Å². The Morgan fingerprint density at radius 3 is 2.77 bits per heavy atom. The lowest BCUT2D eigenvalue weighted by Gasteiger charge is -2.43. The first-order valence-electron chi connectivity index (χ1n) is 10.1. The Morgan fingerprint density at radius 2 is 2.03 bits per heavy atom. The number of hydrogen-bond acceptors (Lipinski definition) is 6. The number of piperazine rings is 1. The van der Waals surface area contributed by atoms with Gasteiger partial charge in [0, 0.05) is 51.7 Å². The summed E-state index contributed by atoms with van der Waals surface area (Å²) >= 11 is 0. The van der Waals surface area contributed by atoms with Gasteiger partial charge in [0.1, 0.15) is 5.82 Å². The summed E-state index contributed by atoms with van der Waals surface area (Å²) in [7, 11) is 5.24. The molecule has 1 saturated heterocycles. The standard InChI is InChI=1S/C21H25N7O2/c1-25(2)20(29)27-12-11-26(14-21(27)7-8-21)17-6-10-28-18(24-17)16(13-23-28)15-5-4-9-22-19(15)30-3/h4-6,9-10,13H,7-8,11-12,14H2,1-3H3. The second-order valence-corrected chi connectivity index (χ2v) is 8.15. The maximum absolute atomic E-state index is 12.6. The number of methoxy groups -OCH3 is 1. The number of urea groups is 1. The summed E-state index contributed by atoms with van der Waals surface area (Å²) < 4.78 is 7.19. The summed E-state index contributed by atoms with van der Waals surface area (Å²) in [5, 5.41) is 4.45. The van der Waals surface area contributed by atoms with Gasteiger partial charge in [0.2, 0.25) is 5.88 Å². The minimum Gasteiger partial charge on any atom is -0.481 e. The third kappa shape index (κ3) is 2.92. The van der Waals surface area contributed by atoms with Gasteiger partial charge >= 0.3 is 6.03 Å². The Bertz CT molecular complexity index is 1110. The Balaban J connectivity index is 1.47. The van der Waals surface area contributed by atoms with Crippen molar-refractivity contribution in [1.29, 1.82) is 0 Å².